The van der Waals surface area contributed by atoms with Gasteiger partial charge in [-0.25, -0.2) is 30.3 Å². The molecule has 21 nitrogen and oxygen atoms in total. The molecule has 7 N–H and O–H groups in total. The third-order valence-electron chi connectivity index (χ3n) is 9.28. The SMILES string of the molecule is CCc1nc(C)oc1C(=O)Nc1nc2cc(C(N)=O)cc(OCCCC(=O)N(C)NC)c2n1C/C=C/Cn1c(NC)nc2cc(C(N)=O)cnc21.CCc1nc(C)oc1C=O. The summed E-state index contributed by atoms with van der Waals surface area (Å²) in [4.78, 5) is 81.9. The summed E-state index contributed by atoms with van der Waals surface area (Å²) in [5.74, 6) is 0.312. The first-order valence-corrected chi connectivity index (χ1v) is 19.3. The summed E-state index contributed by atoms with van der Waals surface area (Å²) in [6.07, 6.45) is 7.64. The van der Waals surface area contributed by atoms with Gasteiger partial charge in [0, 0.05) is 66.3 Å². The van der Waals surface area contributed by atoms with E-state index in [1.54, 1.807) is 45.6 Å². The molecular formula is C40H49N13O8. The van der Waals surface area contributed by atoms with E-state index in [4.69, 9.17) is 25.0 Å². The number of hydrazine groups is 1. The fourth-order valence-corrected chi connectivity index (χ4v) is 6.20. The Kier molecular flexibility index (Phi) is 14.7. The van der Waals surface area contributed by atoms with Crippen molar-refractivity contribution in [1.29, 1.82) is 0 Å². The first-order chi connectivity index (χ1) is 29.2. The van der Waals surface area contributed by atoms with E-state index in [1.165, 1.54) is 23.3 Å². The molecular weight excluding hydrogens is 791 g/mol. The number of benzene rings is 1. The Balaban J connectivity index is 0.000000617. The van der Waals surface area contributed by atoms with Crippen LogP contribution in [0.1, 0.15) is 91.7 Å². The number of nitrogens with zero attached hydrogens (tertiary/aromatic N) is 8. The molecule has 0 aliphatic rings. The maximum atomic E-state index is 13.5. The van der Waals surface area contributed by atoms with Crippen molar-refractivity contribution in [3.05, 3.63) is 82.4 Å². The van der Waals surface area contributed by atoms with Crippen molar-refractivity contribution in [2.24, 2.45) is 11.5 Å². The molecule has 5 heterocycles. The average Bonchev–Trinajstić information content (AvgIpc) is 4.01. The molecule has 21 heteroatoms. The summed E-state index contributed by atoms with van der Waals surface area (Å²) < 4.78 is 20.3. The monoisotopic (exact) mass is 839 g/mol. The number of nitrogens with two attached hydrogens (primary N) is 2. The number of hydrogen-bond donors (Lipinski definition) is 5. The van der Waals surface area contributed by atoms with Crippen LogP contribution in [-0.2, 0) is 30.7 Å². The molecule has 6 aromatic rings. The van der Waals surface area contributed by atoms with Crippen molar-refractivity contribution < 1.29 is 37.5 Å². The van der Waals surface area contributed by atoms with E-state index in [2.05, 4.69) is 41.0 Å². The van der Waals surface area contributed by atoms with Gasteiger partial charge in [0.1, 0.15) is 16.8 Å². The fourth-order valence-electron chi connectivity index (χ4n) is 6.20. The Morgan fingerprint density at radius 1 is 0.852 bits per heavy atom. The summed E-state index contributed by atoms with van der Waals surface area (Å²) in [7, 11) is 4.99. The number of anilines is 2. The summed E-state index contributed by atoms with van der Waals surface area (Å²) in [5, 5.41) is 7.25. The number of hydrogen-bond acceptors (Lipinski definition) is 15. The van der Waals surface area contributed by atoms with Gasteiger partial charge in [0.25, 0.3) is 5.91 Å². The smallest absolute Gasteiger partial charge is 0.295 e. The van der Waals surface area contributed by atoms with Crippen molar-refractivity contribution >= 4 is 64.0 Å². The molecule has 0 atom stereocenters. The van der Waals surface area contributed by atoms with Gasteiger partial charge in [-0.1, -0.05) is 26.0 Å². The summed E-state index contributed by atoms with van der Waals surface area (Å²) in [5.41, 5.74) is 17.3. The van der Waals surface area contributed by atoms with Crippen LogP contribution < -0.4 is 32.3 Å². The molecule has 1 aromatic carbocycles. The van der Waals surface area contributed by atoms with Crippen molar-refractivity contribution in [2.75, 3.05) is 38.4 Å². The van der Waals surface area contributed by atoms with Crippen LogP contribution in [-0.4, -0.2) is 96.7 Å². The van der Waals surface area contributed by atoms with Gasteiger partial charge in [0.15, 0.2) is 29.5 Å². The molecule has 4 amide bonds. The molecule has 0 bridgehead atoms. The lowest BCUT2D eigenvalue weighted by molar-refractivity contribution is -0.132. The van der Waals surface area contributed by atoms with E-state index < -0.39 is 17.7 Å². The van der Waals surface area contributed by atoms with Gasteiger partial charge in [0.05, 0.1) is 29.1 Å². The molecule has 6 rings (SSSR count). The first-order valence-electron chi connectivity index (χ1n) is 19.3. The molecule has 322 valence electrons. The lowest BCUT2D eigenvalue weighted by atomic mass is 10.1. The predicted molar refractivity (Wildman–Crippen MR) is 224 cm³/mol. The summed E-state index contributed by atoms with van der Waals surface area (Å²) in [6.45, 7) is 7.86. The molecule has 5 aromatic heterocycles. The number of aromatic nitrogens is 7. The number of amides is 4. The number of aryl methyl sites for hydroxylation is 4. The molecule has 61 heavy (non-hydrogen) atoms. The van der Waals surface area contributed by atoms with Crippen molar-refractivity contribution in [3.8, 4) is 5.75 Å². The molecule has 0 unspecified atom stereocenters. The lowest BCUT2D eigenvalue weighted by Gasteiger charge is -2.15. The average molecular weight is 840 g/mol. The molecule has 0 saturated heterocycles. The topological polar surface area (TPSA) is 287 Å². The quantitative estimate of drug-likeness (QED) is 0.0358. The van der Waals surface area contributed by atoms with Crippen LogP contribution >= 0.6 is 0 Å². The van der Waals surface area contributed by atoms with Crippen molar-refractivity contribution in [1.82, 2.24) is 44.5 Å². The standard InChI is InChI=1S/C33H40N12O6.C7H9NO2/c1-6-21-27(51-18(2)39-21)31(49)42-33-40-22-14-19(28(34)47)16-24(50-13-9-10-25(46)43(5)37-4)26(22)44(33)11-7-8-12-45-30-23(41-32(45)36-3)15-20(17-38-30)29(35)48;1-3-6-7(4-9)10-5(2)8-6/h7-8,14-17,37H,6,9-13H2,1-5H3,(H2,34,47)(H2,35,48)(H,36,41)(H,40,42,49);4H,3H2,1-2H3/b8-7+;. The zero-order valence-corrected chi connectivity index (χ0v) is 35.0. The van der Waals surface area contributed by atoms with Crippen LogP contribution in [0.15, 0.2) is 45.4 Å². The van der Waals surface area contributed by atoms with E-state index in [1.807, 2.05) is 30.6 Å². The fraction of sp³-hybridized carbons (Fsp3) is 0.350. The minimum absolute atomic E-state index is 0.0632. The molecule has 0 aliphatic carbocycles. The number of nitrogens with one attached hydrogen (secondary N) is 3. The third kappa shape index (κ3) is 10.4. The van der Waals surface area contributed by atoms with Crippen molar-refractivity contribution in [3.63, 3.8) is 0 Å². The van der Waals surface area contributed by atoms with Gasteiger partial charge >= 0.3 is 0 Å². The zero-order chi connectivity index (χ0) is 44.4. The van der Waals surface area contributed by atoms with E-state index in [0.29, 0.717) is 77.1 Å². The van der Waals surface area contributed by atoms with E-state index in [-0.39, 0.29) is 54.1 Å². The van der Waals surface area contributed by atoms with Crippen LogP contribution in [0.5, 0.6) is 5.75 Å². The van der Waals surface area contributed by atoms with Gasteiger partial charge in [-0.2, -0.15) is 0 Å². The van der Waals surface area contributed by atoms with Crippen LogP contribution in [0.3, 0.4) is 0 Å². The number of oxazole rings is 2. The van der Waals surface area contributed by atoms with E-state index >= 15 is 0 Å². The number of ether oxygens (including phenoxy) is 1. The molecule has 0 aliphatic heterocycles. The van der Waals surface area contributed by atoms with Crippen LogP contribution in [0, 0.1) is 13.8 Å². The highest BCUT2D eigenvalue weighted by Gasteiger charge is 2.23. The molecule has 0 radical (unpaired) electrons. The highest BCUT2D eigenvalue weighted by Crippen LogP contribution is 2.32. The minimum Gasteiger partial charge on any atom is -0.491 e. The minimum atomic E-state index is -0.693. The normalized spacial score (nSPS) is 11.1. The Morgan fingerprint density at radius 3 is 2.11 bits per heavy atom. The second kappa shape index (κ2) is 20.0. The Hall–Kier alpha value is -7.42. The maximum Gasteiger partial charge on any atom is 0.295 e. The summed E-state index contributed by atoms with van der Waals surface area (Å²) in [6, 6.07) is 4.61. The summed E-state index contributed by atoms with van der Waals surface area (Å²) >= 11 is 0. The number of pyridine rings is 1. The second-order valence-electron chi connectivity index (χ2n) is 13.4. The number of rotatable bonds is 18. The Morgan fingerprint density at radius 2 is 1.49 bits per heavy atom. The number of carbonyl (C=O) groups is 5. The number of allylic oxidation sites excluding steroid dienone is 2. The highest BCUT2D eigenvalue weighted by molar-refractivity contribution is 6.04. The van der Waals surface area contributed by atoms with Gasteiger partial charge < -0.3 is 34.9 Å². The van der Waals surface area contributed by atoms with Crippen LogP contribution in [0.2, 0.25) is 0 Å². The number of primary amides is 2. The van der Waals surface area contributed by atoms with E-state index in [9.17, 15) is 24.0 Å². The molecule has 0 fully saturated rings. The van der Waals surface area contributed by atoms with Crippen molar-refractivity contribution in [2.45, 2.75) is 66.5 Å². The van der Waals surface area contributed by atoms with Gasteiger partial charge in [-0.05, 0) is 37.5 Å². The second-order valence-corrected chi connectivity index (χ2v) is 13.4. The number of fused-ring (bicyclic) bond motifs is 2. The number of imidazole rings is 2. The third-order valence-corrected chi connectivity index (χ3v) is 9.28. The number of carbonyl (C=O) groups excluding carboxylic acids is 5. The molecule has 0 saturated carbocycles. The lowest BCUT2D eigenvalue weighted by Crippen LogP contribution is -2.36. The Labute approximate surface area is 349 Å². The molecule has 0 spiro atoms. The van der Waals surface area contributed by atoms with Gasteiger partial charge in [-0.15, -0.1) is 0 Å². The Bertz CT molecular complexity index is 2600. The van der Waals surface area contributed by atoms with Gasteiger partial charge in [0.2, 0.25) is 35.4 Å². The largest absolute Gasteiger partial charge is 0.491 e. The van der Waals surface area contributed by atoms with Crippen LogP contribution in [0.4, 0.5) is 11.9 Å². The first kappa shape index (κ1) is 44.7. The highest BCUT2D eigenvalue weighted by atomic mass is 16.5. The zero-order valence-electron chi connectivity index (χ0n) is 35.0. The number of aldehydes is 1. The van der Waals surface area contributed by atoms with E-state index in [0.717, 1.165) is 12.1 Å². The maximum absolute atomic E-state index is 13.5. The van der Waals surface area contributed by atoms with Gasteiger partial charge in [-0.3, -0.25) is 38.9 Å². The van der Waals surface area contributed by atoms with Crippen LogP contribution in [0.25, 0.3) is 22.2 Å². The predicted octanol–water partition coefficient (Wildman–Crippen LogP) is 3.50.